The summed E-state index contributed by atoms with van der Waals surface area (Å²) in [6, 6.07) is 6.32. The van der Waals surface area contributed by atoms with E-state index in [-0.39, 0.29) is 17.7 Å². The summed E-state index contributed by atoms with van der Waals surface area (Å²) >= 11 is 5.72. The van der Waals surface area contributed by atoms with Gasteiger partial charge in [0.05, 0.1) is 6.04 Å². The molecule has 0 radical (unpaired) electrons. The molecule has 1 unspecified atom stereocenters. The van der Waals surface area contributed by atoms with E-state index >= 15 is 0 Å². The van der Waals surface area contributed by atoms with Gasteiger partial charge in [0, 0.05) is 17.0 Å². The first-order valence-corrected chi connectivity index (χ1v) is 5.64. The first-order chi connectivity index (χ1) is 7.66. The van der Waals surface area contributed by atoms with Crippen LogP contribution in [0.4, 0.5) is 0 Å². The van der Waals surface area contributed by atoms with Gasteiger partial charge in [-0.1, -0.05) is 11.6 Å². The Morgan fingerprint density at radius 2 is 2.00 bits per heavy atom. The van der Waals surface area contributed by atoms with E-state index in [0.717, 1.165) is 12.8 Å². The minimum Gasteiger partial charge on any atom is -0.342 e. The highest BCUT2D eigenvalue weighted by Gasteiger charge is 2.25. The molecule has 1 saturated carbocycles. The van der Waals surface area contributed by atoms with E-state index < -0.39 is 0 Å². The number of hydrogen-bond donors (Lipinski definition) is 1. The quantitative estimate of drug-likeness (QED) is 0.857. The fraction of sp³-hybridized carbons (Fsp3) is 0.333. The summed E-state index contributed by atoms with van der Waals surface area (Å²) in [4.78, 5) is 23.1. The van der Waals surface area contributed by atoms with Gasteiger partial charge in [0.15, 0.2) is 5.78 Å². The lowest BCUT2D eigenvalue weighted by atomic mass is 10.2. The molecule has 1 aromatic carbocycles. The zero-order valence-corrected chi connectivity index (χ0v) is 9.46. The molecule has 1 amide bonds. The fourth-order valence-corrected chi connectivity index (χ4v) is 1.94. The van der Waals surface area contributed by atoms with E-state index in [2.05, 4.69) is 5.32 Å². The number of rotatable bonds is 2. The molecule has 1 aromatic rings. The molecule has 0 aliphatic heterocycles. The van der Waals surface area contributed by atoms with Gasteiger partial charge < -0.3 is 5.32 Å². The summed E-state index contributed by atoms with van der Waals surface area (Å²) in [6.45, 7) is 0. The smallest absolute Gasteiger partial charge is 0.251 e. The minimum atomic E-state index is -0.303. The van der Waals surface area contributed by atoms with Crippen molar-refractivity contribution in [1.82, 2.24) is 5.32 Å². The van der Waals surface area contributed by atoms with Crippen molar-refractivity contribution in [3.63, 3.8) is 0 Å². The number of Topliss-reactive ketones (excluding diaryl/α,β-unsaturated/α-hetero) is 1. The van der Waals surface area contributed by atoms with E-state index in [9.17, 15) is 9.59 Å². The van der Waals surface area contributed by atoms with Crippen LogP contribution in [0.15, 0.2) is 24.3 Å². The van der Waals surface area contributed by atoms with Crippen molar-refractivity contribution >= 4 is 23.3 Å². The van der Waals surface area contributed by atoms with Crippen LogP contribution in [0.5, 0.6) is 0 Å². The normalized spacial score (nSPS) is 19.8. The predicted octanol–water partition coefficient (Wildman–Crippen LogP) is 2.19. The van der Waals surface area contributed by atoms with Crippen LogP contribution in [0.3, 0.4) is 0 Å². The van der Waals surface area contributed by atoms with Gasteiger partial charge in [-0.15, -0.1) is 0 Å². The highest BCUT2D eigenvalue weighted by atomic mass is 35.5. The maximum Gasteiger partial charge on any atom is 0.251 e. The zero-order valence-electron chi connectivity index (χ0n) is 8.70. The largest absolute Gasteiger partial charge is 0.342 e. The highest BCUT2D eigenvalue weighted by molar-refractivity contribution is 6.30. The van der Waals surface area contributed by atoms with Gasteiger partial charge in [-0.05, 0) is 37.1 Å². The van der Waals surface area contributed by atoms with Gasteiger partial charge in [-0.3, -0.25) is 9.59 Å². The lowest BCUT2D eigenvalue weighted by Crippen LogP contribution is -2.37. The van der Waals surface area contributed by atoms with Gasteiger partial charge in [-0.25, -0.2) is 0 Å². The molecule has 0 saturated heterocycles. The molecule has 0 bridgehead atoms. The summed E-state index contributed by atoms with van der Waals surface area (Å²) in [5.74, 6) is -0.0840. The summed E-state index contributed by atoms with van der Waals surface area (Å²) in [5.41, 5.74) is 0.532. The number of carbonyl (C=O) groups is 2. The van der Waals surface area contributed by atoms with Gasteiger partial charge in [0.1, 0.15) is 0 Å². The Morgan fingerprint density at radius 3 is 2.56 bits per heavy atom. The van der Waals surface area contributed by atoms with Gasteiger partial charge in [-0.2, -0.15) is 0 Å². The minimum absolute atomic E-state index is 0.127. The Morgan fingerprint density at radius 1 is 1.31 bits per heavy atom. The standard InChI is InChI=1S/C12H12ClNO2/c13-9-6-4-8(5-7-9)12(16)14-10-2-1-3-11(10)15/h4-7,10H,1-3H2,(H,14,16). The van der Waals surface area contributed by atoms with Crippen LogP contribution in [-0.4, -0.2) is 17.7 Å². The van der Waals surface area contributed by atoms with Crippen molar-refractivity contribution in [2.75, 3.05) is 0 Å². The van der Waals surface area contributed by atoms with Crippen molar-refractivity contribution in [3.8, 4) is 0 Å². The Kier molecular flexibility index (Phi) is 3.25. The summed E-state index contributed by atoms with van der Waals surface area (Å²) < 4.78 is 0. The highest BCUT2D eigenvalue weighted by Crippen LogP contribution is 2.15. The summed E-state index contributed by atoms with van der Waals surface area (Å²) in [7, 11) is 0. The van der Waals surface area contributed by atoms with Crippen molar-refractivity contribution in [1.29, 1.82) is 0 Å². The molecule has 2 rings (SSSR count). The number of halogens is 1. The number of ketones is 1. The molecule has 1 atom stereocenters. The molecule has 0 heterocycles. The number of hydrogen-bond acceptors (Lipinski definition) is 2. The molecule has 84 valence electrons. The maximum atomic E-state index is 11.8. The van der Waals surface area contributed by atoms with Crippen LogP contribution in [0.2, 0.25) is 5.02 Å². The van der Waals surface area contributed by atoms with Crippen LogP contribution >= 0.6 is 11.6 Å². The van der Waals surface area contributed by atoms with E-state index in [1.807, 2.05) is 0 Å². The van der Waals surface area contributed by atoms with Crippen LogP contribution in [-0.2, 0) is 4.79 Å². The lowest BCUT2D eigenvalue weighted by Gasteiger charge is -2.10. The number of amides is 1. The summed E-state index contributed by atoms with van der Waals surface area (Å²) in [6.07, 6.45) is 2.19. The van der Waals surface area contributed by atoms with Crippen LogP contribution in [0, 0.1) is 0 Å². The van der Waals surface area contributed by atoms with Gasteiger partial charge in [0.2, 0.25) is 0 Å². The number of carbonyl (C=O) groups excluding carboxylic acids is 2. The average Bonchev–Trinajstić information content (AvgIpc) is 2.65. The molecule has 4 heteroatoms. The molecule has 1 N–H and O–H groups in total. The van der Waals surface area contributed by atoms with E-state index in [1.54, 1.807) is 24.3 Å². The monoisotopic (exact) mass is 237 g/mol. The van der Waals surface area contributed by atoms with Crippen molar-refractivity contribution < 1.29 is 9.59 Å². The second-order valence-corrected chi connectivity index (χ2v) is 4.33. The van der Waals surface area contributed by atoms with E-state index in [0.29, 0.717) is 17.0 Å². The molecule has 16 heavy (non-hydrogen) atoms. The Hall–Kier alpha value is -1.35. The molecular formula is C12H12ClNO2. The molecule has 1 aliphatic rings. The third kappa shape index (κ3) is 2.42. The number of benzene rings is 1. The number of nitrogens with one attached hydrogen (secondary N) is 1. The Labute approximate surface area is 98.8 Å². The lowest BCUT2D eigenvalue weighted by molar-refractivity contribution is -0.118. The SMILES string of the molecule is O=C(NC1CCCC1=O)c1ccc(Cl)cc1. The van der Waals surface area contributed by atoms with Crippen LogP contribution < -0.4 is 5.32 Å². The third-order valence-electron chi connectivity index (χ3n) is 2.72. The molecule has 1 aliphatic carbocycles. The second kappa shape index (κ2) is 4.66. The molecule has 3 nitrogen and oxygen atoms in total. The van der Waals surface area contributed by atoms with Crippen LogP contribution in [0.1, 0.15) is 29.6 Å². The zero-order chi connectivity index (χ0) is 11.5. The van der Waals surface area contributed by atoms with E-state index in [1.165, 1.54) is 0 Å². The fourth-order valence-electron chi connectivity index (χ4n) is 1.81. The van der Waals surface area contributed by atoms with Crippen molar-refractivity contribution in [3.05, 3.63) is 34.9 Å². The predicted molar refractivity (Wildman–Crippen MR) is 61.6 cm³/mol. The second-order valence-electron chi connectivity index (χ2n) is 3.89. The summed E-state index contributed by atoms with van der Waals surface area (Å²) in [5, 5.41) is 3.32. The molecule has 0 spiro atoms. The first-order valence-electron chi connectivity index (χ1n) is 5.26. The topological polar surface area (TPSA) is 46.2 Å². The maximum absolute atomic E-state index is 11.8. The molecular weight excluding hydrogens is 226 g/mol. The first kappa shape index (κ1) is 11.1. The Balaban J connectivity index is 2.02. The molecule has 0 aromatic heterocycles. The average molecular weight is 238 g/mol. The molecule has 1 fully saturated rings. The van der Waals surface area contributed by atoms with Gasteiger partial charge in [0.25, 0.3) is 5.91 Å². The Bertz CT molecular complexity index is 414. The van der Waals surface area contributed by atoms with Crippen LogP contribution in [0.25, 0.3) is 0 Å². The van der Waals surface area contributed by atoms with E-state index in [4.69, 9.17) is 11.6 Å². The van der Waals surface area contributed by atoms with Crippen molar-refractivity contribution in [2.45, 2.75) is 25.3 Å². The third-order valence-corrected chi connectivity index (χ3v) is 2.97. The van der Waals surface area contributed by atoms with Gasteiger partial charge >= 0.3 is 0 Å². The van der Waals surface area contributed by atoms with Crippen molar-refractivity contribution in [2.24, 2.45) is 0 Å².